The largest absolute Gasteiger partial charge is 0.496 e. The van der Waals surface area contributed by atoms with E-state index < -0.39 is 0 Å². The van der Waals surface area contributed by atoms with Gasteiger partial charge in [0.25, 0.3) is 0 Å². The quantitative estimate of drug-likeness (QED) is 0.726. The lowest BCUT2D eigenvalue weighted by Gasteiger charge is -2.22. The molecule has 1 aliphatic rings. The Morgan fingerprint density at radius 3 is 2.73 bits per heavy atom. The van der Waals surface area contributed by atoms with E-state index >= 15 is 0 Å². The number of amides is 1. The van der Waals surface area contributed by atoms with Gasteiger partial charge in [-0.2, -0.15) is 0 Å². The van der Waals surface area contributed by atoms with E-state index in [0.29, 0.717) is 12.5 Å². The Balaban J connectivity index is 1.57. The number of hydrogen-bond donors (Lipinski definition) is 2. The second kappa shape index (κ2) is 9.46. The third-order valence-corrected chi connectivity index (χ3v) is 4.26. The summed E-state index contributed by atoms with van der Waals surface area (Å²) in [5.74, 6) is 1.11. The summed E-state index contributed by atoms with van der Waals surface area (Å²) in [6.07, 6.45) is 7.58. The van der Waals surface area contributed by atoms with Gasteiger partial charge in [-0.15, -0.1) is 0 Å². The first-order valence-electron chi connectivity index (χ1n) is 8.41. The van der Waals surface area contributed by atoms with Crippen LogP contribution in [0.3, 0.4) is 0 Å². The molecule has 0 saturated heterocycles. The van der Waals surface area contributed by atoms with Gasteiger partial charge in [0, 0.05) is 19.0 Å². The third-order valence-electron chi connectivity index (χ3n) is 4.26. The molecule has 0 aromatic heterocycles. The van der Waals surface area contributed by atoms with Crippen molar-refractivity contribution in [3.05, 3.63) is 29.8 Å². The van der Waals surface area contributed by atoms with Gasteiger partial charge in [0.1, 0.15) is 5.75 Å². The standard InChI is InChI=1S/C18H28N2O2/c1-22-17-10-6-5-7-15(17)11-13-19-14-12-18(21)20-16-8-3-2-4-9-16/h5-7,10,16,19H,2-4,8-9,11-14H2,1H3,(H,20,21). The highest BCUT2D eigenvalue weighted by atomic mass is 16.5. The van der Waals surface area contributed by atoms with Gasteiger partial charge < -0.3 is 15.4 Å². The van der Waals surface area contributed by atoms with E-state index in [-0.39, 0.29) is 5.91 Å². The highest BCUT2D eigenvalue weighted by Crippen LogP contribution is 2.18. The van der Waals surface area contributed by atoms with Crippen LogP contribution in [0, 0.1) is 0 Å². The zero-order valence-electron chi connectivity index (χ0n) is 13.6. The summed E-state index contributed by atoms with van der Waals surface area (Å²) in [5, 5.41) is 6.48. The van der Waals surface area contributed by atoms with Gasteiger partial charge in [-0.05, 0) is 37.4 Å². The van der Waals surface area contributed by atoms with E-state index in [4.69, 9.17) is 4.74 Å². The smallest absolute Gasteiger partial charge is 0.221 e. The number of nitrogens with one attached hydrogen (secondary N) is 2. The highest BCUT2D eigenvalue weighted by molar-refractivity contribution is 5.76. The molecule has 1 fully saturated rings. The SMILES string of the molecule is COc1ccccc1CCNCCC(=O)NC1CCCCC1. The van der Waals surface area contributed by atoms with Crippen LogP contribution in [0.2, 0.25) is 0 Å². The predicted octanol–water partition coefficient (Wildman–Crippen LogP) is 2.67. The Morgan fingerprint density at radius 2 is 1.95 bits per heavy atom. The number of para-hydroxylation sites is 1. The minimum Gasteiger partial charge on any atom is -0.496 e. The van der Waals surface area contributed by atoms with E-state index in [1.165, 1.54) is 24.8 Å². The van der Waals surface area contributed by atoms with Gasteiger partial charge in [0.05, 0.1) is 7.11 Å². The fraction of sp³-hybridized carbons (Fsp3) is 0.611. The average molecular weight is 304 g/mol. The molecule has 1 aromatic rings. The monoisotopic (exact) mass is 304 g/mol. The first-order chi connectivity index (χ1) is 10.8. The molecule has 0 atom stereocenters. The average Bonchev–Trinajstić information content (AvgIpc) is 2.56. The molecule has 122 valence electrons. The lowest BCUT2D eigenvalue weighted by atomic mass is 9.95. The lowest BCUT2D eigenvalue weighted by molar-refractivity contribution is -0.121. The minimum absolute atomic E-state index is 0.177. The van der Waals surface area contributed by atoms with Crippen molar-refractivity contribution < 1.29 is 9.53 Å². The van der Waals surface area contributed by atoms with Gasteiger partial charge in [0.2, 0.25) is 5.91 Å². The fourth-order valence-corrected chi connectivity index (χ4v) is 3.01. The van der Waals surface area contributed by atoms with E-state index in [2.05, 4.69) is 16.7 Å². The summed E-state index contributed by atoms with van der Waals surface area (Å²) in [5.41, 5.74) is 1.20. The molecule has 1 aromatic carbocycles. The Labute approximate surface area is 133 Å². The number of ether oxygens (including phenoxy) is 1. The van der Waals surface area contributed by atoms with Crippen molar-refractivity contribution in [2.45, 2.75) is 51.0 Å². The Bertz CT molecular complexity index is 456. The third kappa shape index (κ3) is 5.68. The number of hydrogen-bond acceptors (Lipinski definition) is 3. The maximum atomic E-state index is 11.9. The molecule has 2 N–H and O–H groups in total. The number of rotatable bonds is 8. The molecule has 0 spiro atoms. The summed E-state index contributed by atoms with van der Waals surface area (Å²) in [4.78, 5) is 11.9. The molecule has 1 aliphatic carbocycles. The second-order valence-corrected chi connectivity index (χ2v) is 5.96. The van der Waals surface area contributed by atoms with Crippen molar-refractivity contribution >= 4 is 5.91 Å². The predicted molar refractivity (Wildman–Crippen MR) is 89.2 cm³/mol. The summed E-state index contributed by atoms with van der Waals surface area (Å²) in [6.45, 7) is 1.59. The molecular formula is C18H28N2O2. The number of carbonyl (C=O) groups excluding carboxylic acids is 1. The normalized spacial score (nSPS) is 15.5. The summed E-state index contributed by atoms with van der Waals surface area (Å²) >= 11 is 0. The van der Waals surface area contributed by atoms with Crippen LogP contribution in [0.1, 0.15) is 44.1 Å². The first-order valence-corrected chi connectivity index (χ1v) is 8.41. The summed E-state index contributed by atoms with van der Waals surface area (Å²) in [6, 6.07) is 8.47. The second-order valence-electron chi connectivity index (χ2n) is 5.96. The van der Waals surface area contributed by atoms with Crippen LogP contribution in [0.4, 0.5) is 0 Å². The van der Waals surface area contributed by atoms with E-state index in [1.54, 1.807) is 7.11 Å². The van der Waals surface area contributed by atoms with E-state index in [9.17, 15) is 4.79 Å². The Kier molecular flexibility index (Phi) is 7.23. The molecule has 0 bridgehead atoms. The maximum absolute atomic E-state index is 11.9. The molecule has 0 heterocycles. The van der Waals surface area contributed by atoms with E-state index in [1.807, 2.05) is 18.2 Å². The van der Waals surface area contributed by atoms with Crippen molar-refractivity contribution in [2.75, 3.05) is 20.2 Å². The molecule has 1 amide bonds. The van der Waals surface area contributed by atoms with Crippen LogP contribution >= 0.6 is 0 Å². The molecule has 2 rings (SSSR count). The molecule has 1 saturated carbocycles. The Hall–Kier alpha value is -1.55. The van der Waals surface area contributed by atoms with Crippen LogP contribution in [-0.4, -0.2) is 32.1 Å². The summed E-state index contributed by atoms with van der Waals surface area (Å²) < 4.78 is 5.33. The molecule has 4 heteroatoms. The van der Waals surface area contributed by atoms with Crippen molar-refractivity contribution in [3.63, 3.8) is 0 Å². The molecular weight excluding hydrogens is 276 g/mol. The van der Waals surface area contributed by atoms with Crippen LogP contribution < -0.4 is 15.4 Å². The van der Waals surface area contributed by atoms with Gasteiger partial charge in [-0.3, -0.25) is 4.79 Å². The van der Waals surface area contributed by atoms with Gasteiger partial charge in [0.15, 0.2) is 0 Å². The molecule has 4 nitrogen and oxygen atoms in total. The fourth-order valence-electron chi connectivity index (χ4n) is 3.01. The molecule has 0 aliphatic heterocycles. The first kappa shape index (κ1) is 16.8. The van der Waals surface area contributed by atoms with Crippen LogP contribution in [0.5, 0.6) is 5.75 Å². The van der Waals surface area contributed by atoms with Crippen molar-refractivity contribution in [1.29, 1.82) is 0 Å². The van der Waals surface area contributed by atoms with Gasteiger partial charge in [-0.25, -0.2) is 0 Å². The van der Waals surface area contributed by atoms with Crippen molar-refractivity contribution in [2.24, 2.45) is 0 Å². The number of methoxy groups -OCH3 is 1. The van der Waals surface area contributed by atoms with Crippen molar-refractivity contribution in [1.82, 2.24) is 10.6 Å². The van der Waals surface area contributed by atoms with Gasteiger partial charge in [-0.1, -0.05) is 37.5 Å². The molecule has 22 heavy (non-hydrogen) atoms. The van der Waals surface area contributed by atoms with Crippen LogP contribution in [0.15, 0.2) is 24.3 Å². The number of benzene rings is 1. The zero-order chi connectivity index (χ0) is 15.6. The maximum Gasteiger partial charge on any atom is 0.221 e. The van der Waals surface area contributed by atoms with Crippen molar-refractivity contribution in [3.8, 4) is 5.75 Å². The highest BCUT2D eigenvalue weighted by Gasteiger charge is 2.15. The summed E-state index contributed by atoms with van der Waals surface area (Å²) in [7, 11) is 1.70. The van der Waals surface area contributed by atoms with Crippen LogP contribution in [0.25, 0.3) is 0 Å². The van der Waals surface area contributed by atoms with Gasteiger partial charge >= 0.3 is 0 Å². The lowest BCUT2D eigenvalue weighted by Crippen LogP contribution is -2.37. The molecule has 0 unspecified atom stereocenters. The Morgan fingerprint density at radius 1 is 1.18 bits per heavy atom. The minimum atomic E-state index is 0.177. The molecule has 0 radical (unpaired) electrons. The van der Waals surface area contributed by atoms with E-state index in [0.717, 1.165) is 38.1 Å². The van der Waals surface area contributed by atoms with Crippen LogP contribution in [-0.2, 0) is 11.2 Å². The number of carbonyl (C=O) groups is 1. The topological polar surface area (TPSA) is 50.4 Å². The zero-order valence-corrected chi connectivity index (χ0v) is 13.6.